The number of hydrogen-bond donors (Lipinski definition) is 0. The van der Waals surface area contributed by atoms with E-state index in [4.69, 9.17) is 0 Å². The van der Waals surface area contributed by atoms with Gasteiger partial charge < -0.3 is 4.90 Å². The molecule has 1 aliphatic rings. The number of halogens is 2. The number of amides is 1. The maximum Gasteiger partial charge on any atom is 0.254 e. The molecule has 0 aliphatic carbocycles. The molecule has 0 spiro atoms. The van der Waals surface area contributed by atoms with Gasteiger partial charge in [-0.3, -0.25) is 4.79 Å². The summed E-state index contributed by atoms with van der Waals surface area (Å²) in [6.45, 7) is 0.942. The molecule has 1 aliphatic heterocycles. The molecule has 102 valence electrons. The van der Waals surface area contributed by atoms with Crippen LogP contribution < -0.4 is 0 Å². The highest BCUT2D eigenvalue weighted by atomic mass is 79.9. The minimum Gasteiger partial charge on any atom is -0.334 e. The Bertz CT molecular complexity index is 671. The summed E-state index contributed by atoms with van der Waals surface area (Å²) in [5.74, 6) is -0.305. The summed E-state index contributed by atoms with van der Waals surface area (Å²) in [6.07, 6.45) is 0.820. The van der Waals surface area contributed by atoms with Crippen LogP contribution in [0.15, 0.2) is 46.9 Å². The van der Waals surface area contributed by atoms with Gasteiger partial charge in [-0.05, 0) is 30.2 Å². The second-order valence-corrected chi connectivity index (χ2v) is 5.79. The van der Waals surface area contributed by atoms with Crippen molar-refractivity contribution in [2.45, 2.75) is 13.0 Å². The lowest BCUT2D eigenvalue weighted by atomic mass is 9.98. The summed E-state index contributed by atoms with van der Waals surface area (Å²) in [6, 6.07) is 12.6. The van der Waals surface area contributed by atoms with Gasteiger partial charge in [0.05, 0.1) is 0 Å². The Morgan fingerprint density at radius 3 is 2.80 bits per heavy atom. The van der Waals surface area contributed by atoms with Crippen molar-refractivity contribution < 1.29 is 9.18 Å². The van der Waals surface area contributed by atoms with Gasteiger partial charge in [-0.25, -0.2) is 4.39 Å². The molecule has 0 aromatic heterocycles. The molecule has 4 heteroatoms. The first-order valence-electron chi connectivity index (χ1n) is 6.46. The van der Waals surface area contributed by atoms with E-state index in [-0.39, 0.29) is 11.7 Å². The molecule has 1 amide bonds. The van der Waals surface area contributed by atoms with Crippen LogP contribution >= 0.6 is 15.9 Å². The third-order valence-electron chi connectivity index (χ3n) is 3.56. The van der Waals surface area contributed by atoms with E-state index in [1.54, 1.807) is 17.0 Å². The Kier molecular flexibility index (Phi) is 3.57. The summed E-state index contributed by atoms with van der Waals surface area (Å²) in [5, 5.41) is 0. The predicted molar refractivity (Wildman–Crippen MR) is 79.0 cm³/mol. The van der Waals surface area contributed by atoms with E-state index in [0.717, 1.165) is 17.5 Å². The lowest BCUT2D eigenvalue weighted by molar-refractivity contribution is 0.0725. The van der Waals surface area contributed by atoms with E-state index < -0.39 is 0 Å². The summed E-state index contributed by atoms with van der Waals surface area (Å²) in [4.78, 5) is 14.1. The van der Waals surface area contributed by atoms with E-state index in [9.17, 15) is 9.18 Å². The van der Waals surface area contributed by atoms with Crippen molar-refractivity contribution in [2.24, 2.45) is 0 Å². The smallest absolute Gasteiger partial charge is 0.254 e. The lowest BCUT2D eigenvalue weighted by Gasteiger charge is -2.28. The monoisotopic (exact) mass is 333 g/mol. The second kappa shape index (κ2) is 5.37. The Morgan fingerprint density at radius 2 is 2.00 bits per heavy atom. The minimum absolute atomic E-state index is 0.0193. The molecule has 2 aromatic rings. The Labute approximate surface area is 125 Å². The largest absolute Gasteiger partial charge is 0.334 e. The quantitative estimate of drug-likeness (QED) is 0.818. The SMILES string of the molecule is O=C1c2ccccc2CCN1Cc1ccc(Br)cc1F. The molecule has 0 saturated carbocycles. The summed E-state index contributed by atoms with van der Waals surface area (Å²) in [5.41, 5.74) is 2.35. The van der Waals surface area contributed by atoms with Crippen LogP contribution in [0.2, 0.25) is 0 Å². The molecular formula is C16H13BrFNO. The van der Waals surface area contributed by atoms with E-state index in [1.165, 1.54) is 6.07 Å². The first-order chi connectivity index (χ1) is 9.65. The number of rotatable bonds is 2. The van der Waals surface area contributed by atoms with E-state index in [2.05, 4.69) is 15.9 Å². The van der Waals surface area contributed by atoms with Gasteiger partial charge in [-0.2, -0.15) is 0 Å². The highest BCUT2D eigenvalue weighted by Gasteiger charge is 2.24. The predicted octanol–water partition coefficient (Wildman–Crippen LogP) is 3.79. The Balaban J connectivity index is 1.85. The molecule has 2 nitrogen and oxygen atoms in total. The maximum absolute atomic E-state index is 13.9. The molecule has 1 heterocycles. The molecule has 0 unspecified atom stereocenters. The molecule has 0 saturated heterocycles. The van der Waals surface area contributed by atoms with Crippen molar-refractivity contribution in [3.05, 3.63) is 69.4 Å². The number of benzene rings is 2. The topological polar surface area (TPSA) is 20.3 Å². The third kappa shape index (κ3) is 2.48. The van der Waals surface area contributed by atoms with Gasteiger partial charge >= 0.3 is 0 Å². The number of carbonyl (C=O) groups is 1. The van der Waals surface area contributed by atoms with Crippen molar-refractivity contribution in [3.8, 4) is 0 Å². The van der Waals surface area contributed by atoms with Crippen LogP contribution in [0.5, 0.6) is 0 Å². The van der Waals surface area contributed by atoms with Crippen LogP contribution in [0.25, 0.3) is 0 Å². The second-order valence-electron chi connectivity index (χ2n) is 4.87. The maximum atomic E-state index is 13.9. The lowest BCUT2D eigenvalue weighted by Crippen LogP contribution is -2.37. The van der Waals surface area contributed by atoms with Crippen LogP contribution in [-0.2, 0) is 13.0 Å². The van der Waals surface area contributed by atoms with Crippen molar-refractivity contribution in [2.75, 3.05) is 6.54 Å². The van der Waals surface area contributed by atoms with Crippen LogP contribution in [0.4, 0.5) is 4.39 Å². The highest BCUT2D eigenvalue weighted by Crippen LogP contribution is 2.22. The zero-order chi connectivity index (χ0) is 14.1. The number of hydrogen-bond acceptors (Lipinski definition) is 1. The molecule has 0 N–H and O–H groups in total. The van der Waals surface area contributed by atoms with E-state index in [1.807, 2.05) is 24.3 Å². The zero-order valence-electron chi connectivity index (χ0n) is 10.8. The molecule has 0 bridgehead atoms. The molecule has 0 fully saturated rings. The molecule has 0 radical (unpaired) electrons. The zero-order valence-corrected chi connectivity index (χ0v) is 12.4. The first-order valence-corrected chi connectivity index (χ1v) is 7.25. The van der Waals surface area contributed by atoms with Crippen molar-refractivity contribution in [3.63, 3.8) is 0 Å². The minimum atomic E-state index is -0.286. The van der Waals surface area contributed by atoms with Crippen molar-refractivity contribution in [1.29, 1.82) is 0 Å². The van der Waals surface area contributed by atoms with Gasteiger partial charge in [0.1, 0.15) is 5.82 Å². The van der Waals surface area contributed by atoms with E-state index >= 15 is 0 Å². The average molecular weight is 334 g/mol. The normalized spacial score (nSPS) is 14.3. The Morgan fingerprint density at radius 1 is 1.20 bits per heavy atom. The standard InChI is InChI=1S/C16H13BrFNO/c17-13-6-5-12(15(18)9-13)10-19-8-7-11-3-1-2-4-14(11)16(19)20/h1-6,9H,7-8,10H2. The molecule has 2 aromatic carbocycles. The van der Waals surface area contributed by atoms with Crippen molar-refractivity contribution >= 4 is 21.8 Å². The number of fused-ring (bicyclic) bond motifs is 1. The average Bonchev–Trinajstić information content (AvgIpc) is 2.45. The summed E-state index contributed by atoms with van der Waals surface area (Å²) >= 11 is 3.23. The van der Waals surface area contributed by atoms with Gasteiger partial charge in [0.15, 0.2) is 0 Å². The van der Waals surface area contributed by atoms with Crippen LogP contribution in [0, 0.1) is 5.82 Å². The molecular weight excluding hydrogens is 321 g/mol. The molecule has 3 rings (SSSR count). The molecule has 0 atom stereocenters. The molecule has 20 heavy (non-hydrogen) atoms. The van der Waals surface area contributed by atoms with Crippen LogP contribution in [-0.4, -0.2) is 17.4 Å². The first kappa shape index (κ1) is 13.3. The van der Waals surface area contributed by atoms with E-state index in [0.29, 0.717) is 23.1 Å². The van der Waals surface area contributed by atoms with Gasteiger partial charge in [0.2, 0.25) is 0 Å². The van der Waals surface area contributed by atoms with Crippen LogP contribution in [0.3, 0.4) is 0 Å². The fourth-order valence-corrected chi connectivity index (χ4v) is 2.81. The summed E-state index contributed by atoms with van der Waals surface area (Å²) < 4.78 is 14.6. The van der Waals surface area contributed by atoms with Gasteiger partial charge in [0, 0.05) is 28.7 Å². The fraction of sp³-hybridized carbons (Fsp3) is 0.188. The number of carbonyl (C=O) groups excluding carboxylic acids is 1. The van der Waals surface area contributed by atoms with Gasteiger partial charge in [0.25, 0.3) is 5.91 Å². The van der Waals surface area contributed by atoms with Gasteiger partial charge in [-0.1, -0.05) is 40.2 Å². The Hall–Kier alpha value is -1.68. The van der Waals surface area contributed by atoms with Crippen molar-refractivity contribution in [1.82, 2.24) is 4.90 Å². The number of nitrogens with zero attached hydrogens (tertiary/aromatic N) is 1. The highest BCUT2D eigenvalue weighted by molar-refractivity contribution is 9.10. The third-order valence-corrected chi connectivity index (χ3v) is 4.06. The van der Waals surface area contributed by atoms with Crippen LogP contribution in [0.1, 0.15) is 21.5 Å². The summed E-state index contributed by atoms with van der Waals surface area (Å²) in [7, 11) is 0. The fourth-order valence-electron chi connectivity index (χ4n) is 2.48. The van der Waals surface area contributed by atoms with Gasteiger partial charge in [-0.15, -0.1) is 0 Å².